The number of thiazole rings is 1. The maximum Gasteiger partial charge on any atom is 0.297 e. The summed E-state index contributed by atoms with van der Waals surface area (Å²) in [6, 6.07) is 14.4. The lowest BCUT2D eigenvalue weighted by atomic mass is 9.98. The smallest absolute Gasteiger partial charge is 0.297 e. The van der Waals surface area contributed by atoms with Crippen LogP contribution in [0.1, 0.15) is 34.6 Å². The standard InChI is InChI=1S/C26H17FN2O5S/c1-2-33-16-7-8-18-20(12-16)35-26(28-18)29-22(13-4-3-5-15(30)10-13)21-23(31)17-11-14(27)6-9-19(17)34-24(21)25(29)32/h3-12,22,30H,2H2,1H3/t22-/m0/s1. The first-order chi connectivity index (χ1) is 16.9. The summed E-state index contributed by atoms with van der Waals surface area (Å²) in [6.45, 7) is 2.40. The molecule has 0 fully saturated rings. The summed E-state index contributed by atoms with van der Waals surface area (Å²) in [5.74, 6) is -0.598. The molecule has 6 rings (SSSR count). The van der Waals surface area contributed by atoms with Crippen LogP contribution in [-0.2, 0) is 0 Å². The van der Waals surface area contributed by atoms with Gasteiger partial charge in [0, 0.05) is 0 Å². The molecule has 1 N–H and O–H groups in total. The van der Waals surface area contributed by atoms with Gasteiger partial charge in [-0.1, -0.05) is 23.5 Å². The molecule has 1 amide bonds. The number of ether oxygens (including phenoxy) is 1. The lowest BCUT2D eigenvalue weighted by Crippen LogP contribution is -2.29. The van der Waals surface area contributed by atoms with Gasteiger partial charge in [0.25, 0.3) is 5.91 Å². The highest BCUT2D eigenvalue weighted by Gasteiger charge is 2.45. The van der Waals surface area contributed by atoms with Crippen molar-refractivity contribution in [3.8, 4) is 11.5 Å². The highest BCUT2D eigenvalue weighted by molar-refractivity contribution is 7.22. The molecule has 7 nitrogen and oxygen atoms in total. The minimum atomic E-state index is -0.916. The first-order valence-electron chi connectivity index (χ1n) is 10.9. The summed E-state index contributed by atoms with van der Waals surface area (Å²) < 4.78 is 26.2. The Kier molecular flexibility index (Phi) is 4.82. The van der Waals surface area contributed by atoms with Crippen LogP contribution in [0.5, 0.6) is 11.5 Å². The van der Waals surface area contributed by atoms with Crippen LogP contribution >= 0.6 is 11.3 Å². The molecule has 1 atom stereocenters. The average molecular weight is 488 g/mol. The SMILES string of the molecule is CCOc1ccc2nc(N3C(=O)c4oc5ccc(F)cc5c(=O)c4[C@@H]3c3cccc(O)c3)sc2c1. The fourth-order valence-corrected chi connectivity index (χ4v) is 5.43. The van der Waals surface area contributed by atoms with Crippen molar-refractivity contribution >= 4 is 43.6 Å². The minimum Gasteiger partial charge on any atom is -0.508 e. The van der Waals surface area contributed by atoms with Crippen molar-refractivity contribution in [2.45, 2.75) is 13.0 Å². The van der Waals surface area contributed by atoms with Crippen molar-refractivity contribution in [3.63, 3.8) is 0 Å². The Labute approximate surface area is 201 Å². The van der Waals surface area contributed by atoms with E-state index in [1.165, 1.54) is 40.5 Å². The van der Waals surface area contributed by atoms with Crippen molar-refractivity contribution in [2.75, 3.05) is 11.5 Å². The average Bonchev–Trinajstić information content (AvgIpc) is 3.38. The number of halogens is 1. The summed E-state index contributed by atoms with van der Waals surface area (Å²) >= 11 is 1.27. The number of aromatic nitrogens is 1. The first-order valence-corrected chi connectivity index (χ1v) is 11.7. The number of hydrogen-bond acceptors (Lipinski definition) is 7. The monoisotopic (exact) mass is 488 g/mol. The molecule has 0 radical (unpaired) electrons. The second kappa shape index (κ2) is 7.92. The first kappa shape index (κ1) is 21.3. The molecule has 174 valence electrons. The molecule has 0 spiro atoms. The molecule has 1 aliphatic heterocycles. The second-order valence-electron chi connectivity index (χ2n) is 8.05. The Balaban J connectivity index is 1.60. The number of carbonyl (C=O) groups is 1. The lowest BCUT2D eigenvalue weighted by Gasteiger charge is -2.22. The molecular weight excluding hydrogens is 471 g/mol. The molecular formula is C26H17FN2O5S. The molecule has 5 aromatic rings. The summed E-state index contributed by atoms with van der Waals surface area (Å²) in [5, 5.41) is 10.5. The number of phenols is 1. The maximum absolute atomic E-state index is 14.0. The van der Waals surface area contributed by atoms with Crippen LogP contribution in [0, 0.1) is 5.82 Å². The van der Waals surface area contributed by atoms with Gasteiger partial charge in [0.1, 0.15) is 22.9 Å². The fraction of sp³-hybridized carbons (Fsp3) is 0.115. The fourth-order valence-electron chi connectivity index (χ4n) is 4.40. The maximum atomic E-state index is 14.0. The number of rotatable bonds is 4. The van der Waals surface area contributed by atoms with E-state index in [0.29, 0.717) is 28.6 Å². The number of hydrogen-bond donors (Lipinski definition) is 1. The van der Waals surface area contributed by atoms with Crippen LogP contribution in [0.15, 0.2) is 69.9 Å². The Hall–Kier alpha value is -4.24. The van der Waals surface area contributed by atoms with Crippen molar-refractivity contribution in [3.05, 3.63) is 93.6 Å². The lowest BCUT2D eigenvalue weighted by molar-refractivity contribution is 0.0971. The van der Waals surface area contributed by atoms with E-state index in [9.17, 15) is 19.1 Å². The van der Waals surface area contributed by atoms with E-state index < -0.39 is 23.2 Å². The van der Waals surface area contributed by atoms with E-state index in [0.717, 1.165) is 10.8 Å². The van der Waals surface area contributed by atoms with Crippen LogP contribution in [0.4, 0.5) is 9.52 Å². The van der Waals surface area contributed by atoms with Crippen molar-refractivity contribution in [1.29, 1.82) is 0 Å². The summed E-state index contributed by atoms with van der Waals surface area (Å²) in [6.07, 6.45) is 0. The predicted octanol–water partition coefficient (Wildman–Crippen LogP) is 5.40. The van der Waals surface area contributed by atoms with Gasteiger partial charge in [-0.25, -0.2) is 9.37 Å². The van der Waals surface area contributed by atoms with Crippen molar-refractivity contribution < 1.29 is 23.4 Å². The van der Waals surface area contributed by atoms with Crippen LogP contribution in [0.25, 0.3) is 21.2 Å². The van der Waals surface area contributed by atoms with E-state index in [-0.39, 0.29) is 28.0 Å². The van der Waals surface area contributed by atoms with Crippen molar-refractivity contribution in [1.82, 2.24) is 4.98 Å². The molecule has 0 saturated carbocycles. The Morgan fingerprint density at radius 1 is 1.14 bits per heavy atom. The van der Waals surface area contributed by atoms with Gasteiger partial charge in [0.05, 0.1) is 33.8 Å². The Bertz CT molecular complexity index is 1710. The molecule has 0 aliphatic carbocycles. The van der Waals surface area contributed by atoms with Gasteiger partial charge in [0.2, 0.25) is 5.76 Å². The van der Waals surface area contributed by atoms with Gasteiger partial charge in [0.15, 0.2) is 10.6 Å². The van der Waals surface area contributed by atoms with Gasteiger partial charge in [-0.2, -0.15) is 0 Å². The number of amides is 1. The Morgan fingerprint density at radius 2 is 2.00 bits per heavy atom. The van der Waals surface area contributed by atoms with E-state index in [4.69, 9.17) is 9.15 Å². The number of benzene rings is 3. The number of carbonyl (C=O) groups excluding carboxylic acids is 1. The van der Waals surface area contributed by atoms with E-state index in [1.54, 1.807) is 24.3 Å². The highest BCUT2D eigenvalue weighted by Crippen LogP contribution is 2.44. The van der Waals surface area contributed by atoms with E-state index in [2.05, 4.69) is 4.98 Å². The molecule has 0 unspecified atom stereocenters. The molecule has 0 saturated heterocycles. The molecule has 9 heteroatoms. The zero-order valence-electron chi connectivity index (χ0n) is 18.3. The molecule has 35 heavy (non-hydrogen) atoms. The van der Waals surface area contributed by atoms with Gasteiger partial charge in [-0.15, -0.1) is 0 Å². The third-order valence-corrected chi connectivity index (χ3v) is 6.90. The second-order valence-corrected chi connectivity index (χ2v) is 9.06. The number of nitrogens with zero attached hydrogens (tertiary/aromatic N) is 2. The largest absolute Gasteiger partial charge is 0.508 e. The summed E-state index contributed by atoms with van der Waals surface area (Å²) in [5.41, 5.74) is 0.844. The van der Waals surface area contributed by atoms with Crippen LogP contribution in [0.2, 0.25) is 0 Å². The van der Waals surface area contributed by atoms with E-state index in [1.807, 2.05) is 13.0 Å². The highest BCUT2D eigenvalue weighted by atomic mass is 32.1. The molecule has 1 aliphatic rings. The molecule has 3 heterocycles. The number of anilines is 1. The van der Waals surface area contributed by atoms with Gasteiger partial charge in [-0.05, 0) is 61.0 Å². The third kappa shape index (κ3) is 3.35. The predicted molar refractivity (Wildman–Crippen MR) is 130 cm³/mol. The Morgan fingerprint density at radius 3 is 2.80 bits per heavy atom. The van der Waals surface area contributed by atoms with Crippen LogP contribution in [-0.4, -0.2) is 22.6 Å². The normalized spacial score (nSPS) is 15.2. The van der Waals surface area contributed by atoms with Gasteiger partial charge in [-0.3, -0.25) is 14.5 Å². The van der Waals surface area contributed by atoms with E-state index >= 15 is 0 Å². The topological polar surface area (TPSA) is 92.9 Å². The van der Waals surface area contributed by atoms with Gasteiger partial charge < -0.3 is 14.3 Å². The molecule has 3 aromatic carbocycles. The van der Waals surface area contributed by atoms with Crippen LogP contribution < -0.4 is 15.1 Å². The summed E-state index contributed by atoms with van der Waals surface area (Å²) in [7, 11) is 0. The number of aromatic hydroxyl groups is 1. The summed E-state index contributed by atoms with van der Waals surface area (Å²) in [4.78, 5) is 33.3. The molecule has 0 bridgehead atoms. The number of fused-ring (bicyclic) bond motifs is 3. The quantitative estimate of drug-likeness (QED) is 0.364. The third-order valence-electron chi connectivity index (χ3n) is 5.88. The number of phenolic OH excluding ortho intramolecular Hbond substituents is 1. The van der Waals surface area contributed by atoms with Crippen molar-refractivity contribution in [2.24, 2.45) is 0 Å². The molecule has 2 aromatic heterocycles. The zero-order valence-corrected chi connectivity index (χ0v) is 19.1. The van der Waals surface area contributed by atoms with Crippen LogP contribution in [0.3, 0.4) is 0 Å². The zero-order chi connectivity index (χ0) is 24.3. The van der Waals surface area contributed by atoms with Gasteiger partial charge >= 0.3 is 0 Å². The minimum absolute atomic E-state index is 0.0229.